The highest BCUT2D eigenvalue weighted by molar-refractivity contribution is 7.11. The Morgan fingerprint density at radius 1 is 1.48 bits per heavy atom. The molecule has 0 amide bonds. The first-order valence-electron chi connectivity index (χ1n) is 8.19. The molecule has 21 heavy (non-hydrogen) atoms. The van der Waals surface area contributed by atoms with E-state index in [2.05, 4.69) is 16.8 Å². The minimum Gasteiger partial charge on any atom is -0.390 e. The highest BCUT2D eigenvalue weighted by Gasteiger charge is 2.31. The van der Waals surface area contributed by atoms with Gasteiger partial charge in [-0.25, -0.2) is 4.98 Å². The summed E-state index contributed by atoms with van der Waals surface area (Å²) in [5.41, 5.74) is -0.415. The van der Waals surface area contributed by atoms with Crippen molar-refractivity contribution in [2.75, 3.05) is 19.7 Å². The van der Waals surface area contributed by atoms with Gasteiger partial charge in [-0.2, -0.15) is 0 Å². The molecule has 1 atom stereocenters. The van der Waals surface area contributed by atoms with Crippen LogP contribution in [0.4, 0.5) is 0 Å². The van der Waals surface area contributed by atoms with Gasteiger partial charge in [-0.05, 0) is 32.1 Å². The van der Waals surface area contributed by atoms with E-state index < -0.39 is 5.60 Å². The molecule has 2 aliphatic rings. The molecule has 2 aliphatic heterocycles. The van der Waals surface area contributed by atoms with Crippen molar-refractivity contribution in [2.24, 2.45) is 0 Å². The van der Waals surface area contributed by atoms with Crippen molar-refractivity contribution in [1.29, 1.82) is 0 Å². The summed E-state index contributed by atoms with van der Waals surface area (Å²) in [6, 6.07) is 0. The SMILES string of the molecule is CCCC1(O)CCN(Cc2cnc(C3CCCO3)s2)CC1. The Hall–Kier alpha value is -0.490. The zero-order valence-electron chi connectivity index (χ0n) is 12.9. The first-order chi connectivity index (χ1) is 10.2. The molecule has 1 unspecified atom stereocenters. The third-order valence-electron chi connectivity index (χ3n) is 4.66. The van der Waals surface area contributed by atoms with Crippen LogP contribution in [0.1, 0.15) is 61.4 Å². The molecule has 2 saturated heterocycles. The smallest absolute Gasteiger partial charge is 0.122 e. The lowest BCUT2D eigenvalue weighted by atomic mass is 9.87. The molecule has 3 heterocycles. The molecular formula is C16H26N2O2S. The van der Waals surface area contributed by atoms with Crippen LogP contribution in [-0.4, -0.2) is 40.3 Å². The minimum atomic E-state index is -0.415. The maximum Gasteiger partial charge on any atom is 0.122 e. The number of hydrogen-bond donors (Lipinski definition) is 1. The second kappa shape index (κ2) is 6.73. The number of aliphatic hydroxyl groups is 1. The number of rotatable bonds is 5. The third kappa shape index (κ3) is 3.83. The number of ether oxygens (including phenoxy) is 1. The molecule has 0 radical (unpaired) electrons. The number of hydrogen-bond acceptors (Lipinski definition) is 5. The lowest BCUT2D eigenvalue weighted by Gasteiger charge is -2.38. The largest absolute Gasteiger partial charge is 0.390 e. The van der Waals surface area contributed by atoms with Crippen LogP contribution in [0.3, 0.4) is 0 Å². The average molecular weight is 310 g/mol. The predicted molar refractivity (Wildman–Crippen MR) is 84.4 cm³/mol. The summed E-state index contributed by atoms with van der Waals surface area (Å²) >= 11 is 1.79. The van der Waals surface area contributed by atoms with Crippen LogP contribution in [0.2, 0.25) is 0 Å². The van der Waals surface area contributed by atoms with E-state index in [1.165, 1.54) is 4.88 Å². The zero-order valence-corrected chi connectivity index (χ0v) is 13.7. The zero-order chi connectivity index (χ0) is 14.7. The van der Waals surface area contributed by atoms with E-state index in [0.717, 1.165) is 69.8 Å². The lowest BCUT2D eigenvalue weighted by Crippen LogP contribution is -2.43. The van der Waals surface area contributed by atoms with E-state index in [9.17, 15) is 5.11 Å². The van der Waals surface area contributed by atoms with Gasteiger partial charge in [0.15, 0.2) is 0 Å². The van der Waals surface area contributed by atoms with Gasteiger partial charge >= 0.3 is 0 Å². The summed E-state index contributed by atoms with van der Waals surface area (Å²) in [6.45, 7) is 5.97. The summed E-state index contributed by atoms with van der Waals surface area (Å²) in [4.78, 5) is 8.30. The van der Waals surface area contributed by atoms with E-state index in [0.29, 0.717) is 0 Å². The molecule has 3 rings (SSSR count). The maximum absolute atomic E-state index is 10.4. The van der Waals surface area contributed by atoms with Gasteiger partial charge in [0.2, 0.25) is 0 Å². The van der Waals surface area contributed by atoms with E-state index >= 15 is 0 Å². The Morgan fingerprint density at radius 2 is 2.29 bits per heavy atom. The molecule has 2 fully saturated rings. The average Bonchev–Trinajstić information content (AvgIpc) is 3.13. The van der Waals surface area contributed by atoms with Gasteiger partial charge in [-0.15, -0.1) is 11.3 Å². The fraction of sp³-hybridized carbons (Fsp3) is 0.812. The molecule has 118 valence electrons. The second-order valence-electron chi connectivity index (χ2n) is 6.42. The van der Waals surface area contributed by atoms with Gasteiger partial charge in [0.05, 0.1) is 5.60 Å². The normalized spacial score (nSPS) is 26.3. The number of nitrogens with zero attached hydrogens (tertiary/aromatic N) is 2. The number of thiazole rings is 1. The summed E-state index contributed by atoms with van der Waals surface area (Å²) in [7, 11) is 0. The summed E-state index contributed by atoms with van der Waals surface area (Å²) < 4.78 is 5.70. The molecule has 0 aromatic carbocycles. The molecule has 1 aromatic rings. The van der Waals surface area contributed by atoms with E-state index in [1.54, 1.807) is 11.3 Å². The van der Waals surface area contributed by atoms with Crippen LogP contribution in [-0.2, 0) is 11.3 Å². The Kier molecular flexibility index (Phi) is 4.94. The van der Waals surface area contributed by atoms with Gasteiger partial charge in [-0.1, -0.05) is 13.3 Å². The van der Waals surface area contributed by atoms with Crippen LogP contribution < -0.4 is 0 Å². The summed E-state index contributed by atoms with van der Waals surface area (Å²) in [5, 5.41) is 11.6. The molecule has 0 bridgehead atoms. The predicted octanol–water partition coefficient (Wildman–Crippen LogP) is 3.12. The second-order valence-corrected chi connectivity index (χ2v) is 7.56. The standard InChI is InChI=1S/C16H26N2O2S/c1-2-5-16(19)6-8-18(9-7-16)12-13-11-17-15(21-13)14-4-3-10-20-14/h11,14,19H,2-10,12H2,1H3. The molecule has 0 aliphatic carbocycles. The van der Waals surface area contributed by atoms with E-state index in [4.69, 9.17) is 4.74 Å². The van der Waals surface area contributed by atoms with Gasteiger partial charge in [0.25, 0.3) is 0 Å². The van der Waals surface area contributed by atoms with Crippen LogP contribution in [0.5, 0.6) is 0 Å². The summed E-state index contributed by atoms with van der Waals surface area (Å²) in [6.07, 6.45) is 8.31. The lowest BCUT2D eigenvalue weighted by molar-refractivity contribution is -0.0295. The summed E-state index contributed by atoms with van der Waals surface area (Å²) in [5.74, 6) is 0. The topological polar surface area (TPSA) is 45.6 Å². The number of likely N-dealkylation sites (tertiary alicyclic amines) is 1. The minimum absolute atomic E-state index is 0.236. The van der Waals surface area contributed by atoms with Gasteiger partial charge < -0.3 is 9.84 Å². The molecular weight excluding hydrogens is 284 g/mol. The van der Waals surface area contributed by atoms with Crippen molar-refractivity contribution in [2.45, 2.75) is 63.7 Å². The van der Waals surface area contributed by atoms with Crippen LogP contribution in [0.15, 0.2) is 6.20 Å². The Morgan fingerprint density at radius 3 is 2.95 bits per heavy atom. The van der Waals surface area contributed by atoms with Gasteiger partial charge in [0, 0.05) is 37.3 Å². The fourth-order valence-electron chi connectivity index (χ4n) is 3.38. The van der Waals surface area contributed by atoms with E-state index in [1.807, 2.05) is 6.20 Å². The Balaban J connectivity index is 1.51. The Bertz CT molecular complexity index is 449. The molecule has 5 heteroatoms. The first-order valence-corrected chi connectivity index (χ1v) is 9.01. The third-order valence-corrected chi connectivity index (χ3v) is 5.73. The fourth-order valence-corrected chi connectivity index (χ4v) is 4.42. The van der Waals surface area contributed by atoms with Crippen LogP contribution in [0.25, 0.3) is 0 Å². The van der Waals surface area contributed by atoms with Crippen molar-refractivity contribution in [3.63, 3.8) is 0 Å². The molecule has 1 N–H and O–H groups in total. The first kappa shape index (κ1) is 15.4. The highest BCUT2D eigenvalue weighted by atomic mass is 32.1. The van der Waals surface area contributed by atoms with Crippen molar-refractivity contribution in [3.05, 3.63) is 16.1 Å². The van der Waals surface area contributed by atoms with Gasteiger partial charge in [0.1, 0.15) is 11.1 Å². The van der Waals surface area contributed by atoms with Crippen LogP contribution in [0, 0.1) is 0 Å². The molecule has 1 aromatic heterocycles. The number of piperidine rings is 1. The maximum atomic E-state index is 10.4. The van der Waals surface area contributed by atoms with Crippen molar-refractivity contribution in [1.82, 2.24) is 9.88 Å². The molecule has 0 saturated carbocycles. The van der Waals surface area contributed by atoms with Crippen molar-refractivity contribution >= 4 is 11.3 Å². The highest BCUT2D eigenvalue weighted by Crippen LogP contribution is 2.32. The number of aromatic nitrogens is 1. The van der Waals surface area contributed by atoms with Crippen molar-refractivity contribution < 1.29 is 9.84 Å². The van der Waals surface area contributed by atoms with Crippen LogP contribution >= 0.6 is 11.3 Å². The Labute approximate surface area is 131 Å². The quantitative estimate of drug-likeness (QED) is 0.907. The molecule has 0 spiro atoms. The van der Waals surface area contributed by atoms with Crippen molar-refractivity contribution in [3.8, 4) is 0 Å². The molecule has 4 nitrogen and oxygen atoms in total. The van der Waals surface area contributed by atoms with E-state index in [-0.39, 0.29) is 6.10 Å². The monoisotopic (exact) mass is 310 g/mol. The van der Waals surface area contributed by atoms with Gasteiger partial charge in [-0.3, -0.25) is 4.90 Å².